The van der Waals surface area contributed by atoms with Crippen LogP contribution < -0.4 is 0 Å². The van der Waals surface area contributed by atoms with E-state index in [0.29, 0.717) is 12.5 Å². The molecule has 0 aliphatic heterocycles. The van der Waals surface area contributed by atoms with Gasteiger partial charge in [-0.25, -0.2) is 0 Å². The molecule has 0 heterocycles. The topological polar surface area (TPSA) is 26.3 Å². The lowest BCUT2D eigenvalue weighted by Gasteiger charge is -2.20. The second kappa shape index (κ2) is 4.17. The van der Waals surface area contributed by atoms with Crippen LogP contribution >= 0.6 is 0 Å². The van der Waals surface area contributed by atoms with Gasteiger partial charge in [0.2, 0.25) is 0 Å². The summed E-state index contributed by atoms with van der Waals surface area (Å²) < 4.78 is 5.45. The van der Waals surface area contributed by atoms with Crippen LogP contribution in [-0.4, -0.2) is 5.97 Å². The fourth-order valence-electron chi connectivity index (χ4n) is 2.87. The first kappa shape index (κ1) is 10.8. The standard InChI is InChI=1S/C15H17O2/c16-14(15-9-5-4-8-13(15)10-15)17-11-12-6-2-1-3-7-12/h1-3,6-8,13H,4-5,9-11H2. The van der Waals surface area contributed by atoms with Crippen LogP contribution in [0.1, 0.15) is 31.2 Å². The van der Waals surface area contributed by atoms with Gasteiger partial charge in [-0.3, -0.25) is 4.79 Å². The van der Waals surface area contributed by atoms with E-state index in [9.17, 15) is 4.79 Å². The minimum Gasteiger partial charge on any atom is -0.460 e. The van der Waals surface area contributed by atoms with Gasteiger partial charge in [0.1, 0.15) is 6.61 Å². The van der Waals surface area contributed by atoms with Crippen LogP contribution in [0.25, 0.3) is 0 Å². The van der Waals surface area contributed by atoms with Gasteiger partial charge in [-0.15, -0.1) is 0 Å². The van der Waals surface area contributed by atoms with E-state index in [0.717, 1.165) is 24.8 Å². The molecule has 0 saturated heterocycles. The van der Waals surface area contributed by atoms with Crippen molar-refractivity contribution in [1.29, 1.82) is 0 Å². The molecule has 2 aliphatic rings. The SMILES string of the molecule is O=C(OCc1ccccc1)C12CCC[CH]C1C2. The molecule has 0 aromatic heterocycles. The summed E-state index contributed by atoms with van der Waals surface area (Å²) in [6, 6.07) is 9.88. The van der Waals surface area contributed by atoms with Gasteiger partial charge in [0.25, 0.3) is 0 Å². The minimum atomic E-state index is -0.132. The Bertz CT molecular complexity index is 412. The number of fused-ring (bicyclic) bond motifs is 1. The van der Waals surface area contributed by atoms with Gasteiger partial charge in [0.15, 0.2) is 0 Å². The highest BCUT2D eigenvalue weighted by Crippen LogP contribution is 2.61. The number of benzene rings is 1. The van der Waals surface area contributed by atoms with Crippen LogP contribution in [0.5, 0.6) is 0 Å². The molecule has 1 radical (unpaired) electrons. The average Bonchev–Trinajstić information content (AvgIpc) is 3.13. The second-order valence-corrected chi connectivity index (χ2v) is 5.16. The number of ether oxygens (including phenoxy) is 1. The van der Waals surface area contributed by atoms with E-state index in [1.54, 1.807) is 0 Å². The Morgan fingerprint density at radius 2 is 2.18 bits per heavy atom. The lowest BCUT2D eigenvalue weighted by atomic mass is 9.88. The first-order chi connectivity index (χ1) is 8.31. The van der Waals surface area contributed by atoms with E-state index in [1.807, 2.05) is 30.3 Å². The molecule has 1 aromatic carbocycles. The van der Waals surface area contributed by atoms with Crippen LogP contribution in [0.15, 0.2) is 30.3 Å². The van der Waals surface area contributed by atoms with Crippen molar-refractivity contribution in [3.8, 4) is 0 Å². The lowest BCUT2D eigenvalue weighted by molar-refractivity contribution is -0.152. The summed E-state index contributed by atoms with van der Waals surface area (Å²) in [7, 11) is 0. The average molecular weight is 229 g/mol. The number of hydrogen-bond donors (Lipinski definition) is 0. The van der Waals surface area contributed by atoms with Crippen LogP contribution in [0.2, 0.25) is 0 Å². The third-order valence-electron chi connectivity index (χ3n) is 4.03. The molecule has 0 N–H and O–H groups in total. The largest absolute Gasteiger partial charge is 0.460 e. The Balaban J connectivity index is 1.58. The smallest absolute Gasteiger partial charge is 0.312 e. The van der Waals surface area contributed by atoms with Crippen molar-refractivity contribution in [2.45, 2.75) is 32.3 Å². The van der Waals surface area contributed by atoms with E-state index in [4.69, 9.17) is 4.74 Å². The highest BCUT2D eigenvalue weighted by atomic mass is 16.5. The number of carbonyl (C=O) groups is 1. The van der Waals surface area contributed by atoms with Gasteiger partial charge >= 0.3 is 5.97 Å². The van der Waals surface area contributed by atoms with Crippen molar-refractivity contribution < 1.29 is 9.53 Å². The number of rotatable bonds is 3. The zero-order valence-electron chi connectivity index (χ0n) is 9.89. The molecule has 0 amide bonds. The zero-order valence-corrected chi connectivity index (χ0v) is 9.89. The molecule has 2 aliphatic carbocycles. The van der Waals surface area contributed by atoms with Crippen LogP contribution in [-0.2, 0) is 16.1 Å². The van der Waals surface area contributed by atoms with E-state index in [1.165, 1.54) is 6.42 Å². The van der Waals surface area contributed by atoms with Crippen molar-refractivity contribution >= 4 is 5.97 Å². The van der Waals surface area contributed by atoms with Gasteiger partial charge in [-0.1, -0.05) is 36.8 Å². The van der Waals surface area contributed by atoms with Gasteiger partial charge in [-0.2, -0.15) is 0 Å². The maximum Gasteiger partial charge on any atom is 0.312 e. The summed E-state index contributed by atoms with van der Waals surface area (Å²) in [6.07, 6.45) is 6.63. The summed E-state index contributed by atoms with van der Waals surface area (Å²) in [6.45, 7) is 0.411. The molecule has 0 spiro atoms. The van der Waals surface area contributed by atoms with Crippen LogP contribution in [0.3, 0.4) is 0 Å². The Hall–Kier alpha value is -1.31. The molecule has 2 unspecified atom stereocenters. The Labute approximate surface area is 102 Å². The predicted octanol–water partition coefficient (Wildman–Crippen LogP) is 3.12. The molecule has 89 valence electrons. The van der Waals surface area contributed by atoms with Gasteiger partial charge in [0.05, 0.1) is 5.41 Å². The number of esters is 1. The summed E-state index contributed by atoms with van der Waals surface area (Å²) in [5.74, 6) is 0.516. The van der Waals surface area contributed by atoms with Crippen molar-refractivity contribution in [3.05, 3.63) is 42.3 Å². The summed E-state index contributed by atoms with van der Waals surface area (Å²) >= 11 is 0. The summed E-state index contributed by atoms with van der Waals surface area (Å²) in [5.41, 5.74) is 0.932. The lowest BCUT2D eigenvalue weighted by Crippen LogP contribution is -2.23. The van der Waals surface area contributed by atoms with Gasteiger partial charge in [-0.05, 0) is 37.2 Å². The monoisotopic (exact) mass is 229 g/mol. The van der Waals surface area contributed by atoms with E-state index in [2.05, 4.69) is 6.42 Å². The summed E-state index contributed by atoms with van der Waals surface area (Å²) in [5, 5.41) is 0. The molecule has 2 fully saturated rings. The fraction of sp³-hybridized carbons (Fsp3) is 0.467. The highest BCUT2D eigenvalue weighted by Gasteiger charge is 2.61. The number of hydrogen-bond acceptors (Lipinski definition) is 2. The maximum atomic E-state index is 12.1. The third-order valence-corrected chi connectivity index (χ3v) is 4.03. The minimum absolute atomic E-state index is 0.0160. The normalized spacial score (nSPS) is 30.5. The number of carbonyl (C=O) groups excluding carboxylic acids is 1. The Morgan fingerprint density at radius 1 is 1.35 bits per heavy atom. The van der Waals surface area contributed by atoms with Gasteiger partial charge in [0, 0.05) is 0 Å². The predicted molar refractivity (Wildman–Crippen MR) is 64.9 cm³/mol. The van der Waals surface area contributed by atoms with Crippen molar-refractivity contribution in [2.75, 3.05) is 0 Å². The third kappa shape index (κ3) is 1.97. The second-order valence-electron chi connectivity index (χ2n) is 5.16. The molecule has 17 heavy (non-hydrogen) atoms. The van der Waals surface area contributed by atoms with Crippen LogP contribution in [0, 0.1) is 17.8 Å². The fourth-order valence-corrected chi connectivity index (χ4v) is 2.87. The maximum absolute atomic E-state index is 12.1. The van der Waals surface area contributed by atoms with E-state index >= 15 is 0 Å². The molecule has 1 aromatic rings. The Morgan fingerprint density at radius 3 is 2.94 bits per heavy atom. The van der Waals surface area contributed by atoms with Crippen molar-refractivity contribution in [3.63, 3.8) is 0 Å². The molecule has 2 atom stereocenters. The van der Waals surface area contributed by atoms with E-state index < -0.39 is 0 Å². The molecule has 2 saturated carbocycles. The molecule has 2 heteroatoms. The molecule has 3 rings (SSSR count). The molecular weight excluding hydrogens is 212 g/mol. The molecule has 2 nitrogen and oxygen atoms in total. The van der Waals surface area contributed by atoms with E-state index in [-0.39, 0.29) is 11.4 Å². The Kier molecular flexibility index (Phi) is 2.65. The first-order valence-corrected chi connectivity index (χ1v) is 6.36. The highest BCUT2D eigenvalue weighted by molar-refractivity contribution is 5.81. The molecular formula is C15H17O2. The van der Waals surface area contributed by atoms with Gasteiger partial charge < -0.3 is 4.74 Å². The zero-order chi connectivity index (χ0) is 11.7. The quantitative estimate of drug-likeness (QED) is 0.744. The summed E-state index contributed by atoms with van der Waals surface area (Å²) in [4.78, 5) is 12.1. The van der Waals surface area contributed by atoms with Crippen molar-refractivity contribution in [2.24, 2.45) is 11.3 Å². The van der Waals surface area contributed by atoms with Crippen molar-refractivity contribution in [1.82, 2.24) is 0 Å². The molecule has 0 bridgehead atoms. The van der Waals surface area contributed by atoms with Crippen LogP contribution in [0.4, 0.5) is 0 Å². The first-order valence-electron chi connectivity index (χ1n) is 6.36.